The van der Waals surface area contributed by atoms with Crippen LogP contribution < -0.4 is 5.32 Å². The van der Waals surface area contributed by atoms with Crippen LogP contribution in [-0.4, -0.2) is 62.8 Å². The van der Waals surface area contributed by atoms with Gasteiger partial charge in [0.25, 0.3) is 0 Å². The number of benzene rings is 1. The van der Waals surface area contributed by atoms with Crippen molar-refractivity contribution in [3.05, 3.63) is 29.8 Å². The topological polar surface area (TPSA) is 69.7 Å². The van der Waals surface area contributed by atoms with Gasteiger partial charge in [0.05, 0.1) is 10.8 Å². The third-order valence-electron chi connectivity index (χ3n) is 5.56. The summed E-state index contributed by atoms with van der Waals surface area (Å²) in [6.07, 6.45) is 4.97. The van der Waals surface area contributed by atoms with Gasteiger partial charge in [0.2, 0.25) is 15.9 Å². The Balaban J connectivity index is 1.50. The quantitative estimate of drug-likeness (QED) is 0.720. The van der Waals surface area contributed by atoms with E-state index in [0.717, 1.165) is 31.4 Å². The summed E-state index contributed by atoms with van der Waals surface area (Å²) < 4.78 is 27.2. The Kier molecular flexibility index (Phi) is 6.89. The number of nitrogens with one attached hydrogen (secondary N) is 1. The molecule has 0 bridgehead atoms. The third kappa shape index (κ3) is 5.30. The Morgan fingerprint density at radius 3 is 2.52 bits per heavy atom. The van der Waals surface area contributed by atoms with Crippen LogP contribution in [0.25, 0.3) is 0 Å². The highest BCUT2D eigenvalue weighted by molar-refractivity contribution is 7.89. The van der Waals surface area contributed by atoms with E-state index in [1.54, 1.807) is 24.3 Å². The highest BCUT2D eigenvalue weighted by atomic mass is 32.2. The van der Waals surface area contributed by atoms with Crippen molar-refractivity contribution in [1.82, 2.24) is 14.5 Å². The van der Waals surface area contributed by atoms with Crippen LogP contribution in [0.3, 0.4) is 0 Å². The maximum Gasteiger partial charge on any atom is 0.243 e. The molecule has 0 radical (unpaired) electrons. The van der Waals surface area contributed by atoms with Crippen LogP contribution in [0.4, 0.5) is 0 Å². The molecule has 0 unspecified atom stereocenters. The number of aryl methyl sites for hydroxylation is 1. The zero-order chi connectivity index (χ0) is 19.3. The molecule has 27 heavy (non-hydrogen) atoms. The van der Waals surface area contributed by atoms with Crippen LogP contribution in [-0.2, 0) is 14.8 Å². The SMILES string of the molecule is Cc1ccc(S(=O)(=O)N2CCC[C@H](C(=O)NCCCN3CCCC3)C2)cc1. The molecule has 2 heterocycles. The summed E-state index contributed by atoms with van der Waals surface area (Å²) in [4.78, 5) is 15.2. The van der Waals surface area contributed by atoms with E-state index in [9.17, 15) is 13.2 Å². The molecule has 1 aromatic carbocycles. The van der Waals surface area contributed by atoms with Gasteiger partial charge in [0, 0.05) is 19.6 Å². The minimum atomic E-state index is -3.53. The molecule has 1 aromatic rings. The van der Waals surface area contributed by atoms with E-state index in [0.29, 0.717) is 18.0 Å². The Hall–Kier alpha value is -1.44. The maximum atomic E-state index is 12.9. The molecule has 0 spiro atoms. The Bertz CT molecular complexity index is 727. The average Bonchev–Trinajstić information content (AvgIpc) is 3.19. The Morgan fingerprint density at radius 1 is 1.11 bits per heavy atom. The molecular formula is C20H31N3O3S. The number of carbonyl (C=O) groups excluding carboxylic acids is 1. The summed E-state index contributed by atoms with van der Waals surface area (Å²) in [5.74, 6) is -0.272. The van der Waals surface area contributed by atoms with Gasteiger partial charge in [-0.15, -0.1) is 0 Å². The van der Waals surface area contributed by atoms with Gasteiger partial charge in [0.1, 0.15) is 0 Å². The molecule has 1 atom stereocenters. The van der Waals surface area contributed by atoms with Crippen LogP contribution in [0.1, 0.15) is 37.7 Å². The predicted octanol–water partition coefficient (Wildman–Crippen LogP) is 2.00. The van der Waals surface area contributed by atoms with E-state index in [-0.39, 0.29) is 18.4 Å². The van der Waals surface area contributed by atoms with Gasteiger partial charge < -0.3 is 10.2 Å². The lowest BCUT2D eigenvalue weighted by molar-refractivity contribution is -0.126. The van der Waals surface area contributed by atoms with Crippen molar-refractivity contribution in [1.29, 1.82) is 0 Å². The summed E-state index contributed by atoms with van der Waals surface area (Å²) in [6, 6.07) is 6.90. The van der Waals surface area contributed by atoms with Crippen LogP contribution in [0.5, 0.6) is 0 Å². The third-order valence-corrected chi connectivity index (χ3v) is 7.44. The van der Waals surface area contributed by atoms with Crippen molar-refractivity contribution in [2.75, 3.05) is 39.3 Å². The summed E-state index contributed by atoms with van der Waals surface area (Å²) in [6.45, 7) is 6.71. The molecule has 3 rings (SSSR count). The number of piperidine rings is 1. The van der Waals surface area contributed by atoms with Gasteiger partial charge in [-0.2, -0.15) is 4.31 Å². The highest BCUT2D eigenvalue weighted by Crippen LogP contribution is 2.24. The fraction of sp³-hybridized carbons (Fsp3) is 0.650. The normalized spacial score (nSPS) is 22.0. The second-order valence-electron chi connectivity index (χ2n) is 7.71. The number of hydrogen-bond donors (Lipinski definition) is 1. The molecule has 0 saturated carbocycles. The second-order valence-corrected chi connectivity index (χ2v) is 9.65. The van der Waals surface area contributed by atoms with Gasteiger partial charge >= 0.3 is 0 Å². The average molecular weight is 394 g/mol. The lowest BCUT2D eigenvalue weighted by Gasteiger charge is -2.31. The van der Waals surface area contributed by atoms with Crippen molar-refractivity contribution in [2.24, 2.45) is 5.92 Å². The lowest BCUT2D eigenvalue weighted by Crippen LogP contribution is -2.45. The van der Waals surface area contributed by atoms with E-state index < -0.39 is 10.0 Å². The fourth-order valence-corrected chi connectivity index (χ4v) is 5.42. The molecule has 2 aliphatic heterocycles. The molecule has 0 aromatic heterocycles. The van der Waals surface area contributed by atoms with Gasteiger partial charge in [-0.1, -0.05) is 17.7 Å². The molecule has 7 heteroatoms. The van der Waals surface area contributed by atoms with Crippen molar-refractivity contribution in [3.8, 4) is 0 Å². The molecule has 2 fully saturated rings. The summed E-state index contributed by atoms with van der Waals surface area (Å²) in [5.41, 5.74) is 1.03. The molecule has 1 N–H and O–H groups in total. The zero-order valence-corrected chi connectivity index (χ0v) is 17.0. The van der Waals surface area contributed by atoms with Crippen LogP contribution in [0.2, 0.25) is 0 Å². The van der Waals surface area contributed by atoms with Gasteiger partial charge in [-0.3, -0.25) is 4.79 Å². The van der Waals surface area contributed by atoms with E-state index in [2.05, 4.69) is 10.2 Å². The van der Waals surface area contributed by atoms with Crippen LogP contribution in [0.15, 0.2) is 29.2 Å². The first-order valence-electron chi connectivity index (χ1n) is 10.0. The summed E-state index contributed by atoms with van der Waals surface area (Å²) in [5, 5.41) is 3.01. The number of hydrogen-bond acceptors (Lipinski definition) is 4. The molecule has 2 saturated heterocycles. The molecule has 0 aliphatic carbocycles. The van der Waals surface area contributed by atoms with Crippen molar-refractivity contribution in [2.45, 2.75) is 43.9 Å². The Labute approximate surface area is 163 Å². The standard InChI is InChI=1S/C20H31N3O3S/c1-17-7-9-19(10-8-17)27(25,26)23-15-4-6-18(16-23)20(24)21-11-5-14-22-12-2-3-13-22/h7-10,18H,2-6,11-16H2,1H3,(H,21,24)/t18-/m0/s1. The van der Waals surface area contributed by atoms with E-state index in [1.165, 1.54) is 30.2 Å². The first-order chi connectivity index (χ1) is 13.0. The largest absolute Gasteiger partial charge is 0.356 e. The smallest absolute Gasteiger partial charge is 0.243 e. The number of nitrogens with zero attached hydrogens (tertiary/aromatic N) is 2. The summed E-state index contributed by atoms with van der Waals surface area (Å²) >= 11 is 0. The van der Waals surface area contributed by atoms with Crippen molar-refractivity contribution >= 4 is 15.9 Å². The molecular weight excluding hydrogens is 362 g/mol. The number of rotatable bonds is 7. The molecule has 1 amide bonds. The van der Waals surface area contributed by atoms with Crippen molar-refractivity contribution in [3.63, 3.8) is 0 Å². The fourth-order valence-electron chi connectivity index (χ4n) is 3.90. The van der Waals surface area contributed by atoms with Crippen molar-refractivity contribution < 1.29 is 13.2 Å². The van der Waals surface area contributed by atoms with Gasteiger partial charge in [-0.25, -0.2) is 8.42 Å². The highest BCUT2D eigenvalue weighted by Gasteiger charge is 2.33. The minimum Gasteiger partial charge on any atom is -0.356 e. The van der Waals surface area contributed by atoms with Crippen LogP contribution in [0, 0.1) is 12.8 Å². The predicted molar refractivity (Wildman–Crippen MR) is 106 cm³/mol. The molecule has 6 nitrogen and oxygen atoms in total. The first kappa shape index (κ1) is 20.3. The number of amides is 1. The lowest BCUT2D eigenvalue weighted by atomic mass is 9.99. The monoisotopic (exact) mass is 393 g/mol. The number of likely N-dealkylation sites (tertiary alicyclic amines) is 1. The van der Waals surface area contributed by atoms with Gasteiger partial charge in [-0.05, 0) is 70.8 Å². The number of carbonyl (C=O) groups is 1. The van der Waals surface area contributed by atoms with Gasteiger partial charge in [0.15, 0.2) is 0 Å². The molecule has 2 aliphatic rings. The van der Waals surface area contributed by atoms with E-state index in [1.807, 2.05) is 6.92 Å². The van der Waals surface area contributed by atoms with E-state index in [4.69, 9.17) is 0 Å². The summed E-state index contributed by atoms with van der Waals surface area (Å²) in [7, 11) is -3.53. The Morgan fingerprint density at radius 2 is 1.81 bits per heavy atom. The maximum absolute atomic E-state index is 12.9. The first-order valence-corrected chi connectivity index (χ1v) is 11.5. The zero-order valence-electron chi connectivity index (χ0n) is 16.2. The van der Waals surface area contributed by atoms with Crippen LogP contribution >= 0.6 is 0 Å². The van der Waals surface area contributed by atoms with E-state index >= 15 is 0 Å². The second kappa shape index (κ2) is 9.17. The molecule has 150 valence electrons. The minimum absolute atomic E-state index is 0.0137. The number of sulfonamides is 1.